The van der Waals surface area contributed by atoms with Gasteiger partial charge in [0, 0.05) is 12.1 Å². The summed E-state index contributed by atoms with van der Waals surface area (Å²) in [7, 11) is 0. The van der Waals surface area contributed by atoms with E-state index in [0.29, 0.717) is 23.4 Å². The monoisotopic (exact) mass is 528 g/mol. The predicted octanol–water partition coefficient (Wildman–Crippen LogP) is 1.39. The Morgan fingerprint density at radius 3 is 2.79 bits per heavy atom. The first-order valence-electron chi connectivity index (χ1n) is 12.1. The van der Waals surface area contributed by atoms with Gasteiger partial charge in [0.2, 0.25) is 5.82 Å². The van der Waals surface area contributed by atoms with Crippen molar-refractivity contribution in [3.05, 3.63) is 92.4 Å². The van der Waals surface area contributed by atoms with Crippen LogP contribution in [0.2, 0.25) is 0 Å². The van der Waals surface area contributed by atoms with E-state index in [1.807, 2.05) is 18.2 Å². The minimum atomic E-state index is -0.672. The molecule has 0 saturated heterocycles. The molecule has 0 radical (unpaired) electrons. The largest absolute Gasteiger partial charge is 0.349 e. The van der Waals surface area contributed by atoms with Crippen molar-refractivity contribution < 1.29 is 14.0 Å². The Hall–Kier alpha value is -5.27. The molecule has 2 amide bonds. The number of tetrazole rings is 1. The van der Waals surface area contributed by atoms with E-state index < -0.39 is 17.5 Å². The van der Waals surface area contributed by atoms with Gasteiger partial charge in [0.25, 0.3) is 17.6 Å². The Morgan fingerprint density at radius 1 is 1.13 bits per heavy atom. The molecule has 0 unspecified atom stereocenters. The lowest BCUT2D eigenvalue weighted by molar-refractivity contribution is 0.0931. The average Bonchev–Trinajstić information content (AvgIpc) is 3.69. The Labute approximate surface area is 218 Å². The molecule has 1 aliphatic carbocycles. The number of fused-ring (bicyclic) bond motifs is 2. The molecule has 39 heavy (non-hydrogen) atoms. The van der Waals surface area contributed by atoms with Gasteiger partial charge in [-0.1, -0.05) is 24.3 Å². The first-order chi connectivity index (χ1) is 18.9. The van der Waals surface area contributed by atoms with E-state index in [0.717, 1.165) is 27.5 Å². The fourth-order valence-corrected chi connectivity index (χ4v) is 4.71. The van der Waals surface area contributed by atoms with Gasteiger partial charge >= 0.3 is 5.69 Å². The van der Waals surface area contributed by atoms with Gasteiger partial charge in [0.1, 0.15) is 17.2 Å². The number of nitrogens with one attached hydrogen (secondary N) is 4. The SMILES string of the molecule is Cc1cc(CNC(=O)c2cc(C(=O)N[C@H]3CCc4cc(-c5nn[nH]n5)ccc43)nc3n[nH]c(=O)n23)ccc1F. The van der Waals surface area contributed by atoms with Crippen molar-refractivity contribution in [2.45, 2.75) is 32.4 Å². The third-order valence-electron chi connectivity index (χ3n) is 6.66. The van der Waals surface area contributed by atoms with Crippen molar-refractivity contribution in [3.8, 4) is 11.4 Å². The van der Waals surface area contributed by atoms with Crippen LogP contribution in [0.4, 0.5) is 4.39 Å². The summed E-state index contributed by atoms with van der Waals surface area (Å²) in [4.78, 5) is 42.8. The number of aromatic amines is 2. The van der Waals surface area contributed by atoms with Gasteiger partial charge in [-0.05, 0) is 65.4 Å². The van der Waals surface area contributed by atoms with Crippen molar-refractivity contribution in [1.29, 1.82) is 0 Å². The summed E-state index contributed by atoms with van der Waals surface area (Å²) in [6.07, 6.45) is 1.41. The molecule has 1 atom stereocenters. The van der Waals surface area contributed by atoms with E-state index in [1.54, 1.807) is 19.1 Å². The summed E-state index contributed by atoms with van der Waals surface area (Å²) in [6, 6.07) is 11.2. The van der Waals surface area contributed by atoms with E-state index in [9.17, 15) is 18.8 Å². The van der Waals surface area contributed by atoms with Crippen molar-refractivity contribution in [2.75, 3.05) is 0 Å². The fraction of sp³-hybridized carbons (Fsp3) is 0.200. The summed E-state index contributed by atoms with van der Waals surface area (Å²) < 4.78 is 14.6. The number of halogens is 1. The molecule has 2 aromatic carbocycles. The molecule has 1 aliphatic rings. The van der Waals surface area contributed by atoms with Gasteiger partial charge in [-0.25, -0.2) is 23.7 Å². The number of carbonyl (C=O) groups excluding carboxylic acids is 2. The maximum atomic E-state index is 13.6. The molecule has 0 spiro atoms. The normalized spacial score (nSPS) is 14.4. The Bertz CT molecular complexity index is 1790. The first-order valence-corrected chi connectivity index (χ1v) is 12.1. The van der Waals surface area contributed by atoms with Crippen LogP contribution in [0.1, 0.15) is 55.7 Å². The summed E-state index contributed by atoms with van der Waals surface area (Å²) in [5, 5.41) is 25.8. The van der Waals surface area contributed by atoms with Gasteiger partial charge in [-0.15, -0.1) is 15.3 Å². The second kappa shape index (κ2) is 9.55. The maximum absolute atomic E-state index is 13.6. The average molecular weight is 529 g/mol. The summed E-state index contributed by atoms with van der Waals surface area (Å²) >= 11 is 0. The van der Waals surface area contributed by atoms with Crippen LogP contribution in [0.25, 0.3) is 17.2 Å². The molecule has 3 heterocycles. The molecule has 14 heteroatoms. The molecule has 5 aromatic rings. The van der Waals surface area contributed by atoms with Gasteiger partial charge < -0.3 is 10.6 Å². The number of benzene rings is 2. The van der Waals surface area contributed by atoms with Gasteiger partial charge in [-0.3, -0.25) is 9.59 Å². The van der Waals surface area contributed by atoms with Crippen LogP contribution >= 0.6 is 0 Å². The molecule has 0 aliphatic heterocycles. The predicted molar refractivity (Wildman–Crippen MR) is 134 cm³/mol. The molecule has 0 saturated carbocycles. The quantitative estimate of drug-likeness (QED) is 0.256. The van der Waals surface area contributed by atoms with Crippen molar-refractivity contribution in [3.63, 3.8) is 0 Å². The van der Waals surface area contributed by atoms with Gasteiger partial charge in [-0.2, -0.15) is 5.21 Å². The molecule has 196 valence electrons. The Balaban J connectivity index is 1.24. The number of hydrogen-bond donors (Lipinski definition) is 4. The van der Waals surface area contributed by atoms with E-state index in [1.165, 1.54) is 12.1 Å². The molecule has 13 nitrogen and oxygen atoms in total. The lowest BCUT2D eigenvalue weighted by Gasteiger charge is -2.15. The lowest BCUT2D eigenvalue weighted by atomic mass is 10.0. The van der Waals surface area contributed by atoms with Crippen LogP contribution in [-0.4, -0.2) is 52.0 Å². The summed E-state index contributed by atoms with van der Waals surface area (Å²) in [5.41, 5.74) is 3.10. The number of H-pyrrole nitrogens is 2. The maximum Gasteiger partial charge on any atom is 0.349 e. The second-order valence-electron chi connectivity index (χ2n) is 9.17. The van der Waals surface area contributed by atoms with Crippen molar-refractivity contribution in [1.82, 2.24) is 50.8 Å². The highest BCUT2D eigenvalue weighted by Gasteiger charge is 2.27. The smallest absolute Gasteiger partial charge is 0.347 e. The van der Waals surface area contributed by atoms with E-state index in [4.69, 9.17) is 0 Å². The summed E-state index contributed by atoms with van der Waals surface area (Å²) in [6.45, 7) is 1.71. The number of aryl methyl sites for hydroxylation is 2. The number of hydrogen-bond acceptors (Lipinski definition) is 8. The van der Waals surface area contributed by atoms with Crippen LogP contribution in [0.3, 0.4) is 0 Å². The van der Waals surface area contributed by atoms with E-state index >= 15 is 0 Å². The minimum Gasteiger partial charge on any atom is -0.347 e. The number of carbonyl (C=O) groups is 2. The topological polar surface area (TPSA) is 176 Å². The number of amides is 2. The molecule has 3 aromatic heterocycles. The van der Waals surface area contributed by atoms with Crippen LogP contribution in [0.15, 0.2) is 47.3 Å². The second-order valence-corrected chi connectivity index (χ2v) is 9.17. The van der Waals surface area contributed by atoms with E-state index in [-0.39, 0.29) is 35.6 Å². The standard InChI is InChI=1S/C25H21FN10O3/c1-12-8-13(2-6-17(12)26)11-27-23(38)20-10-19(29-24-32-33-25(39)36(20)24)22(37)28-18-7-4-14-9-15(3-5-16(14)18)21-30-34-35-31-21/h2-3,5-6,8-10,18H,4,7,11H2,1H3,(H,27,38)(H,28,37)(H,33,39)(H,30,31,34,35)/t18-/m0/s1. The molecular formula is C25H21FN10O3. The van der Waals surface area contributed by atoms with Crippen LogP contribution < -0.4 is 16.3 Å². The number of rotatable bonds is 6. The van der Waals surface area contributed by atoms with Crippen LogP contribution in [0.5, 0.6) is 0 Å². The minimum absolute atomic E-state index is 0.0684. The molecule has 0 fully saturated rings. The Kier molecular flexibility index (Phi) is 5.90. The summed E-state index contributed by atoms with van der Waals surface area (Å²) in [5.74, 6) is -1.12. The molecule has 0 bridgehead atoms. The number of aromatic nitrogens is 8. The van der Waals surface area contributed by atoms with Crippen molar-refractivity contribution in [2.24, 2.45) is 0 Å². The van der Waals surface area contributed by atoms with Crippen LogP contribution in [-0.2, 0) is 13.0 Å². The highest BCUT2D eigenvalue weighted by atomic mass is 19.1. The van der Waals surface area contributed by atoms with Crippen molar-refractivity contribution >= 4 is 17.6 Å². The van der Waals surface area contributed by atoms with Gasteiger partial charge in [0.15, 0.2) is 0 Å². The number of nitrogens with zero attached hydrogens (tertiary/aromatic N) is 6. The zero-order valence-electron chi connectivity index (χ0n) is 20.5. The molecular weight excluding hydrogens is 507 g/mol. The first kappa shape index (κ1) is 24.1. The Morgan fingerprint density at radius 2 is 2.00 bits per heavy atom. The highest BCUT2D eigenvalue weighted by molar-refractivity contribution is 5.98. The molecule has 6 rings (SSSR count). The van der Waals surface area contributed by atoms with Gasteiger partial charge in [0.05, 0.1) is 6.04 Å². The highest BCUT2D eigenvalue weighted by Crippen LogP contribution is 2.33. The van der Waals surface area contributed by atoms with Crippen LogP contribution in [0, 0.1) is 12.7 Å². The van der Waals surface area contributed by atoms with E-state index in [2.05, 4.69) is 46.4 Å². The molecule has 4 N–H and O–H groups in total. The third kappa shape index (κ3) is 4.52. The fourth-order valence-electron chi connectivity index (χ4n) is 4.71. The zero-order chi connectivity index (χ0) is 27.1. The zero-order valence-corrected chi connectivity index (χ0v) is 20.5. The lowest BCUT2D eigenvalue weighted by Crippen LogP contribution is -2.31. The third-order valence-corrected chi connectivity index (χ3v) is 6.66.